The van der Waals surface area contributed by atoms with E-state index in [1.165, 1.54) is 0 Å². The number of nitriles is 1. The summed E-state index contributed by atoms with van der Waals surface area (Å²) in [5, 5.41) is 9.24. The van der Waals surface area contributed by atoms with Gasteiger partial charge in [0.05, 0.1) is 10.6 Å². The summed E-state index contributed by atoms with van der Waals surface area (Å²) in [6.45, 7) is 1.91. The van der Waals surface area contributed by atoms with Crippen molar-refractivity contribution in [3.63, 3.8) is 0 Å². The maximum Gasteiger partial charge on any atom is 0.101 e. The first-order valence-corrected chi connectivity index (χ1v) is 4.46. The Hall–Kier alpha value is -1.04. The molecule has 0 aliphatic rings. The van der Waals surface area contributed by atoms with Gasteiger partial charge in [0.2, 0.25) is 0 Å². The number of benzene rings is 1. The molecule has 0 saturated carbocycles. The molecule has 68 valence electrons. The smallest absolute Gasteiger partial charge is 0.101 e. The molecule has 1 aromatic carbocycles. The lowest BCUT2D eigenvalue weighted by Gasteiger charge is -2.07. The maximum absolute atomic E-state index is 8.71. The molecule has 1 unspecified atom stereocenters. The van der Waals surface area contributed by atoms with Gasteiger partial charge in [-0.3, -0.25) is 0 Å². The van der Waals surface area contributed by atoms with E-state index < -0.39 is 0 Å². The Balaban J connectivity index is 3.03. The van der Waals surface area contributed by atoms with Crippen molar-refractivity contribution in [2.75, 3.05) is 0 Å². The first-order chi connectivity index (χ1) is 6.15. The van der Waals surface area contributed by atoms with Crippen molar-refractivity contribution in [2.45, 2.75) is 19.4 Å². The highest BCUT2D eigenvalue weighted by Crippen LogP contribution is 2.21. The van der Waals surface area contributed by atoms with Gasteiger partial charge < -0.3 is 5.73 Å². The Morgan fingerprint density at radius 1 is 1.62 bits per heavy atom. The lowest BCUT2D eigenvalue weighted by molar-refractivity contribution is 0.738. The second kappa shape index (κ2) is 4.27. The third-order valence-electron chi connectivity index (χ3n) is 1.74. The monoisotopic (exact) mass is 194 g/mol. The second-order valence-electron chi connectivity index (χ2n) is 3.07. The van der Waals surface area contributed by atoms with E-state index in [9.17, 15) is 0 Å². The summed E-state index contributed by atoms with van der Waals surface area (Å²) < 4.78 is 0. The van der Waals surface area contributed by atoms with Gasteiger partial charge in [-0.15, -0.1) is 0 Å². The van der Waals surface area contributed by atoms with Crippen LogP contribution in [0.4, 0.5) is 0 Å². The van der Waals surface area contributed by atoms with Crippen LogP contribution in [0.3, 0.4) is 0 Å². The number of nitrogens with zero attached hydrogens (tertiary/aromatic N) is 1. The number of hydrogen-bond acceptors (Lipinski definition) is 2. The molecule has 2 nitrogen and oxygen atoms in total. The zero-order valence-electron chi connectivity index (χ0n) is 7.42. The SMILES string of the molecule is CC(N)Cc1cccc(C#N)c1Cl. The molecule has 2 N–H and O–H groups in total. The molecule has 0 heterocycles. The first kappa shape index (κ1) is 10.0. The van der Waals surface area contributed by atoms with Gasteiger partial charge in [-0.25, -0.2) is 0 Å². The zero-order valence-corrected chi connectivity index (χ0v) is 8.17. The van der Waals surface area contributed by atoms with Crippen LogP contribution in [0.15, 0.2) is 18.2 Å². The van der Waals surface area contributed by atoms with E-state index in [2.05, 4.69) is 0 Å². The summed E-state index contributed by atoms with van der Waals surface area (Å²) in [6, 6.07) is 7.52. The zero-order chi connectivity index (χ0) is 9.84. The molecule has 0 radical (unpaired) electrons. The Morgan fingerprint density at radius 2 is 2.31 bits per heavy atom. The minimum atomic E-state index is 0.0615. The van der Waals surface area contributed by atoms with Crippen molar-refractivity contribution in [1.82, 2.24) is 0 Å². The molecule has 0 fully saturated rings. The van der Waals surface area contributed by atoms with Crippen LogP contribution in [-0.2, 0) is 6.42 Å². The van der Waals surface area contributed by atoms with E-state index in [1.54, 1.807) is 6.07 Å². The highest BCUT2D eigenvalue weighted by Gasteiger charge is 2.06. The van der Waals surface area contributed by atoms with Gasteiger partial charge >= 0.3 is 0 Å². The molecular weight excluding hydrogens is 184 g/mol. The van der Waals surface area contributed by atoms with Gasteiger partial charge in [-0.1, -0.05) is 23.7 Å². The van der Waals surface area contributed by atoms with Crippen molar-refractivity contribution in [3.8, 4) is 6.07 Å². The molecule has 0 aliphatic heterocycles. The van der Waals surface area contributed by atoms with Crippen LogP contribution in [-0.4, -0.2) is 6.04 Å². The summed E-state index contributed by atoms with van der Waals surface area (Å²) in [5.41, 5.74) is 7.10. The highest BCUT2D eigenvalue weighted by atomic mass is 35.5. The van der Waals surface area contributed by atoms with Crippen molar-refractivity contribution in [2.24, 2.45) is 5.73 Å². The number of halogens is 1. The van der Waals surface area contributed by atoms with E-state index in [0.717, 1.165) is 5.56 Å². The molecule has 0 saturated heterocycles. The van der Waals surface area contributed by atoms with E-state index in [0.29, 0.717) is 17.0 Å². The lowest BCUT2D eigenvalue weighted by Crippen LogP contribution is -2.18. The predicted octanol–water partition coefficient (Wildman–Crippen LogP) is 2.10. The topological polar surface area (TPSA) is 49.8 Å². The molecule has 0 aromatic heterocycles. The van der Waals surface area contributed by atoms with Crippen molar-refractivity contribution in [1.29, 1.82) is 5.26 Å². The van der Waals surface area contributed by atoms with Crippen LogP contribution in [0.5, 0.6) is 0 Å². The number of nitrogens with two attached hydrogens (primary N) is 1. The van der Waals surface area contributed by atoms with Gasteiger partial charge in [-0.2, -0.15) is 5.26 Å². The normalized spacial score (nSPS) is 12.2. The van der Waals surface area contributed by atoms with Crippen molar-refractivity contribution >= 4 is 11.6 Å². The molecule has 1 aromatic rings. The predicted molar refractivity (Wildman–Crippen MR) is 53.5 cm³/mol. The Bertz CT molecular complexity index is 339. The van der Waals surface area contributed by atoms with Crippen LogP contribution in [0, 0.1) is 11.3 Å². The minimum Gasteiger partial charge on any atom is -0.328 e. The fraction of sp³-hybridized carbons (Fsp3) is 0.300. The summed E-state index contributed by atoms with van der Waals surface area (Å²) in [4.78, 5) is 0. The van der Waals surface area contributed by atoms with Gasteiger partial charge in [0, 0.05) is 6.04 Å². The Morgan fingerprint density at radius 3 is 2.85 bits per heavy atom. The highest BCUT2D eigenvalue weighted by molar-refractivity contribution is 6.32. The van der Waals surface area contributed by atoms with Gasteiger partial charge in [0.1, 0.15) is 6.07 Å². The lowest BCUT2D eigenvalue weighted by atomic mass is 10.1. The standard InChI is InChI=1S/C10H11ClN2/c1-7(13)5-8-3-2-4-9(6-12)10(8)11/h2-4,7H,5,13H2,1H3. The van der Waals surface area contributed by atoms with Gasteiger partial charge in [0.25, 0.3) is 0 Å². The molecule has 0 bridgehead atoms. The molecule has 13 heavy (non-hydrogen) atoms. The molecule has 0 aliphatic carbocycles. The molecule has 1 rings (SSSR count). The second-order valence-corrected chi connectivity index (χ2v) is 3.45. The van der Waals surface area contributed by atoms with Crippen molar-refractivity contribution in [3.05, 3.63) is 34.3 Å². The largest absolute Gasteiger partial charge is 0.328 e. The van der Waals surface area contributed by atoms with E-state index in [4.69, 9.17) is 22.6 Å². The minimum absolute atomic E-state index is 0.0615. The Labute approximate surface area is 82.9 Å². The molecule has 0 spiro atoms. The van der Waals surface area contributed by atoms with E-state index >= 15 is 0 Å². The Kier molecular flexibility index (Phi) is 3.30. The summed E-state index contributed by atoms with van der Waals surface area (Å²) >= 11 is 5.97. The third-order valence-corrected chi connectivity index (χ3v) is 2.19. The molecule has 3 heteroatoms. The first-order valence-electron chi connectivity index (χ1n) is 4.08. The van der Waals surface area contributed by atoms with Crippen LogP contribution in [0.2, 0.25) is 5.02 Å². The number of rotatable bonds is 2. The molecule has 1 atom stereocenters. The molecular formula is C10H11ClN2. The van der Waals surface area contributed by atoms with Crippen LogP contribution < -0.4 is 5.73 Å². The van der Waals surface area contributed by atoms with Gasteiger partial charge in [0.15, 0.2) is 0 Å². The third kappa shape index (κ3) is 2.45. The average molecular weight is 195 g/mol. The summed E-state index contributed by atoms with van der Waals surface area (Å²) in [6.07, 6.45) is 0.703. The summed E-state index contributed by atoms with van der Waals surface area (Å²) in [5.74, 6) is 0. The van der Waals surface area contributed by atoms with Gasteiger partial charge in [-0.05, 0) is 25.0 Å². The van der Waals surface area contributed by atoms with Crippen molar-refractivity contribution < 1.29 is 0 Å². The fourth-order valence-corrected chi connectivity index (χ4v) is 1.42. The van der Waals surface area contributed by atoms with Crippen LogP contribution in [0.1, 0.15) is 18.1 Å². The number of hydrogen-bond donors (Lipinski definition) is 1. The molecule has 0 amide bonds. The van der Waals surface area contributed by atoms with Crippen LogP contribution >= 0.6 is 11.6 Å². The summed E-state index contributed by atoms with van der Waals surface area (Å²) in [7, 11) is 0. The van der Waals surface area contributed by atoms with E-state index in [-0.39, 0.29) is 6.04 Å². The maximum atomic E-state index is 8.71. The average Bonchev–Trinajstić information content (AvgIpc) is 2.08. The fourth-order valence-electron chi connectivity index (χ4n) is 1.17. The van der Waals surface area contributed by atoms with Crippen LogP contribution in [0.25, 0.3) is 0 Å². The van der Waals surface area contributed by atoms with E-state index in [1.807, 2.05) is 25.1 Å². The quantitative estimate of drug-likeness (QED) is 0.784.